The number of nitrogens with zero attached hydrogens (tertiary/aromatic N) is 3. The molecule has 6 heteroatoms. The van der Waals surface area contributed by atoms with Gasteiger partial charge in [-0.15, -0.1) is 5.10 Å². The summed E-state index contributed by atoms with van der Waals surface area (Å²) in [5, 5.41) is 13.7. The van der Waals surface area contributed by atoms with Crippen molar-refractivity contribution in [2.24, 2.45) is 0 Å². The van der Waals surface area contributed by atoms with E-state index in [4.69, 9.17) is 0 Å². The van der Waals surface area contributed by atoms with Crippen molar-refractivity contribution in [1.29, 1.82) is 0 Å². The Morgan fingerprint density at radius 1 is 1.43 bits per heavy atom. The summed E-state index contributed by atoms with van der Waals surface area (Å²) in [5.74, 6) is 0.171. The number of phenolic OH excluding ortho intramolecular Hbond substituents is 1. The average molecular weight is 305 g/mol. The lowest BCUT2D eigenvalue weighted by Gasteiger charge is -2.23. The van der Waals surface area contributed by atoms with Crippen LogP contribution in [0.1, 0.15) is 47.6 Å². The number of phenols is 1. The summed E-state index contributed by atoms with van der Waals surface area (Å²) in [4.78, 5) is 15.0. The molecule has 0 unspecified atom stereocenters. The molecule has 5 nitrogen and oxygen atoms in total. The summed E-state index contributed by atoms with van der Waals surface area (Å²) in [6.07, 6.45) is 0. The molecule has 1 amide bonds. The summed E-state index contributed by atoms with van der Waals surface area (Å²) < 4.78 is 3.91. The molecule has 0 aliphatic rings. The molecule has 112 valence electrons. The fourth-order valence-electron chi connectivity index (χ4n) is 2.16. The smallest absolute Gasteiger partial charge is 0.271 e. The molecule has 1 heterocycles. The molecule has 0 aliphatic carbocycles. The molecule has 2 rings (SSSR count). The van der Waals surface area contributed by atoms with Crippen molar-refractivity contribution in [3.8, 4) is 5.75 Å². The van der Waals surface area contributed by atoms with Gasteiger partial charge in [-0.1, -0.05) is 24.4 Å². The van der Waals surface area contributed by atoms with E-state index in [9.17, 15) is 9.90 Å². The lowest BCUT2D eigenvalue weighted by Crippen LogP contribution is -2.31. The van der Waals surface area contributed by atoms with Gasteiger partial charge in [0.2, 0.25) is 0 Å². The Morgan fingerprint density at radius 2 is 2.14 bits per heavy atom. The Kier molecular flexibility index (Phi) is 4.57. The minimum Gasteiger partial charge on any atom is -0.508 e. The highest BCUT2D eigenvalue weighted by Crippen LogP contribution is 2.28. The molecule has 0 atom stereocenters. The van der Waals surface area contributed by atoms with Crippen LogP contribution < -0.4 is 4.90 Å². The van der Waals surface area contributed by atoms with Crippen LogP contribution in [0.4, 0.5) is 5.69 Å². The first-order valence-corrected chi connectivity index (χ1v) is 7.66. The summed E-state index contributed by atoms with van der Waals surface area (Å²) in [7, 11) is 0. The normalized spacial score (nSPS) is 10.9. The van der Waals surface area contributed by atoms with Gasteiger partial charge in [-0.3, -0.25) is 4.79 Å². The average Bonchev–Trinajstić information content (AvgIpc) is 2.92. The Hall–Kier alpha value is -1.95. The number of amides is 1. The molecule has 0 aliphatic heterocycles. The largest absolute Gasteiger partial charge is 0.508 e. The maximum Gasteiger partial charge on any atom is 0.271 e. The molecular weight excluding hydrogens is 286 g/mol. The highest BCUT2D eigenvalue weighted by atomic mass is 32.1. The predicted octanol–water partition coefficient (Wildman–Crippen LogP) is 3.34. The predicted molar refractivity (Wildman–Crippen MR) is 84.2 cm³/mol. The molecule has 0 bridgehead atoms. The molecule has 1 aromatic carbocycles. The Labute approximate surface area is 128 Å². The van der Waals surface area contributed by atoms with Crippen molar-refractivity contribution < 1.29 is 9.90 Å². The Morgan fingerprint density at radius 3 is 2.76 bits per heavy atom. The van der Waals surface area contributed by atoms with E-state index in [2.05, 4.69) is 9.59 Å². The maximum absolute atomic E-state index is 12.8. The highest BCUT2D eigenvalue weighted by molar-refractivity contribution is 7.08. The van der Waals surface area contributed by atoms with Crippen molar-refractivity contribution >= 4 is 23.1 Å². The highest BCUT2D eigenvalue weighted by Gasteiger charge is 2.25. The maximum atomic E-state index is 12.8. The van der Waals surface area contributed by atoms with E-state index in [1.807, 2.05) is 27.7 Å². The second-order valence-electron chi connectivity index (χ2n) is 5.16. The second kappa shape index (κ2) is 6.22. The van der Waals surface area contributed by atoms with Gasteiger partial charge in [0.05, 0.1) is 11.4 Å². The van der Waals surface area contributed by atoms with E-state index in [1.54, 1.807) is 23.1 Å². The third-order valence-electron chi connectivity index (χ3n) is 3.30. The van der Waals surface area contributed by atoms with Crippen molar-refractivity contribution in [2.75, 3.05) is 11.4 Å². The number of aromatic hydroxyl groups is 1. The quantitative estimate of drug-likeness (QED) is 0.940. The van der Waals surface area contributed by atoms with Gasteiger partial charge >= 0.3 is 0 Å². The third kappa shape index (κ3) is 3.05. The van der Waals surface area contributed by atoms with Gasteiger partial charge < -0.3 is 10.0 Å². The number of aromatic nitrogens is 2. The first-order valence-electron chi connectivity index (χ1n) is 6.89. The van der Waals surface area contributed by atoms with Gasteiger partial charge in [0.15, 0.2) is 0 Å². The lowest BCUT2D eigenvalue weighted by molar-refractivity contribution is 0.0990. The van der Waals surface area contributed by atoms with Gasteiger partial charge in [-0.05, 0) is 42.9 Å². The van der Waals surface area contributed by atoms with E-state index in [0.29, 0.717) is 17.1 Å². The van der Waals surface area contributed by atoms with Gasteiger partial charge in [0.25, 0.3) is 5.91 Å². The molecule has 21 heavy (non-hydrogen) atoms. The fraction of sp³-hybridized carbons (Fsp3) is 0.400. The zero-order valence-corrected chi connectivity index (χ0v) is 13.4. The molecule has 0 fully saturated rings. The number of anilines is 1. The van der Waals surface area contributed by atoms with E-state index >= 15 is 0 Å². The number of hydrogen-bond acceptors (Lipinski definition) is 5. The topological polar surface area (TPSA) is 66.3 Å². The van der Waals surface area contributed by atoms with E-state index in [-0.39, 0.29) is 17.6 Å². The first kappa shape index (κ1) is 15.4. The zero-order valence-electron chi connectivity index (χ0n) is 12.6. The minimum atomic E-state index is -0.120. The number of benzene rings is 1. The molecule has 2 aromatic rings. The van der Waals surface area contributed by atoms with E-state index in [0.717, 1.165) is 22.8 Å². The van der Waals surface area contributed by atoms with Gasteiger partial charge in [-0.25, -0.2) is 0 Å². The molecule has 0 saturated carbocycles. The van der Waals surface area contributed by atoms with Crippen LogP contribution in [-0.4, -0.2) is 27.1 Å². The third-order valence-corrected chi connectivity index (χ3v) is 4.03. The summed E-state index contributed by atoms with van der Waals surface area (Å²) in [5.41, 5.74) is 2.37. The number of carbonyl (C=O) groups excluding carboxylic acids is 1. The van der Waals surface area contributed by atoms with Crippen LogP contribution in [0, 0.1) is 6.92 Å². The van der Waals surface area contributed by atoms with Gasteiger partial charge in [0.1, 0.15) is 10.6 Å². The summed E-state index contributed by atoms with van der Waals surface area (Å²) in [6.45, 7) is 8.31. The number of rotatable bonds is 4. The monoisotopic (exact) mass is 305 g/mol. The van der Waals surface area contributed by atoms with E-state index < -0.39 is 0 Å². The molecular formula is C15H19N3O2S. The number of carbonyl (C=O) groups is 1. The standard InChI is InChI=1S/C15H19N3O2S/c1-5-18(12-8-11(19)7-6-10(12)4)15(20)14-13(9(2)3)16-17-21-14/h6-9,19H,5H2,1-4H3. The van der Waals surface area contributed by atoms with Gasteiger partial charge in [-0.2, -0.15) is 0 Å². The molecule has 0 saturated heterocycles. The van der Waals surface area contributed by atoms with Crippen LogP contribution in [0.15, 0.2) is 18.2 Å². The molecule has 1 N–H and O–H groups in total. The summed E-state index contributed by atoms with van der Waals surface area (Å²) in [6, 6.07) is 5.03. The van der Waals surface area contributed by atoms with Crippen molar-refractivity contribution in [3.63, 3.8) is 0 Å². The van der Waals surface area contributed by atoms with Gasteiger partial charge in [0, 0.05) is 12.6 Å². The van der Waals surface area contributed by atoms with Crippen molar-refractivity contribution in [1.82, 2.24) is 9.59 Å². The fourth-order valence-corrected chi connectivity index (χ4v) is 2.93. The van der Waals surface area contributed by atoms with Crippen LogP contribution in [0.25, 0.3) is 0 Å². The Balaban J connectivity index is 2.43. The van der Waals surface area contributed by atoms with E-state index in [1.165, 1.54) is 0 Å². The lowest BCUT2D eigenvalue weighted by atomic mass is 10.1. The minimum absolute atomic E-state index is 0.120. The molecule has 0 spiro atoms. The van der Waals surface area contributed by atoms with Crippen LogP contribution in [0.2, 0.25) is 0 Å². The number of aryl methyl sites for hydroxylation is 1. The van der Waals surface area contributed by atoms with Crippen LogP contribution in [0.3, 0.4) is 0 Å². The van der Waals surface area contributed by atoms with Crippen LogP contribution >= 0.6 is 11.5 Å². The zero-order chi connectivity index (χ0) is 15.6. The van der Waals surface area contributed by atoms with Crippen molar-refractivity contribution in [3.05, 3.63) is 34.3 Å². The SMILES string of the molecule is CCN(C(=O)c1snnc1C(C)C)c1cc(O)ccc1C. The molecule has 1 aromatic heterocycles. The Bertz CT molecular complexity index is 652. The second-order valence-corrected chi connectivity index (χ2v) is 5.92. The van der Waals surface area contributed by atoms with Crippen molar-refractivity contribution in [2.45, 2.75) is 33.6 Å². The van der Waals surface area contributed by atoms with Crippen LogP contribution in [0.5, 0.6) is 5.75 Å². The molecule has 0 radical (unpaired) electrons. The summed E-state index contributed by atoms with van der Waals surface area (Å²) >= 11 is 1.12. The number of hydrogen-bond donors (Lipinski definition) is 1. The van der Waals surface area contributed by atoms with Crippen LogP contribution in [-0.2, 0) is 0 Å². The first-order chi connectivity index (χ1) is 9.95.